The third-order valence-corrected chi connectivity index (χ3v) is 16.2. The second kappa shape index (κ2) is 14.0. The molecular weight excluding hydrogens is 652 g/mol. The Balaban J connectivity index is 0.916. The van der Waals surface area contributed by atoms with Crippen LogP contribution in [0, 0.1) is 35.4 Å². The maximum Gasteiger partial charge on any atom is 0.407 e. The number of rotatable bonds is 11. The number of methoxy groups -OCH3 is 1. The fourth-order valence-corrected chi connectivity index (χ4v) is 13.4. The van der Waals surface area contributed by atoms with E-state index in [-0.39, 0.29) is 34.5 Å². The molecule has 6 fully saturated rings. The predicted molar refractivity (Wildman–Crippen MR) is 194 cm³/mol. The van der Waals surface area contributed by atoms with E-state index in [2.05, 4.69) is 26.1 Å². The smallest absolute Gasteiger partial charge is 0.407 e. The third-order valence-electron chi connectivity index (χ3n) is 13.9. The summed E-state index contributed by atoms with van der Waals surface area (Å²) >= 11 is 0. The van der Waals surface area contributed by atoms with Gasteiger partial charge in [0.2, 0.25) is 0 Å². The first kappa shape index (κ1) is 34.4. The molecule has 0 spiro atoms. The molecule has 0 aromatic heterocycles. The van der Waals surface area contributed by atoms with Crippen molar-refractivity contribution in [2.45, 2.75) is 85.8 Å². The Hall–Kier alpha value is -2.69. The highest BCUT2D eigenvalue weighted by atomic mass is 32.2. The molecule has 6 atom stereocenters. The Morgan fingerprint density at radius 3 is 2.34 bits per heavy atom. The number of nitrogens with one attached hydrogen (secondary N) is 1. The molecule has 8 rings (SSSR count). The summed E-state index contributed by atoms with van der Waals surface area (Å²) in [4.78, 5) is 20.5. The number of ether oxygens (including phenoxy) is 1. The van der Waals surface area contributed by atoms with Crippen LogP contribution < -0.4 is 10.2 Å². The van der Waals surface area contributed by atoms with Crippen molar-refractivity contribution in [1.29, 1.82) is 0 Å². The molecule has 1 amide bonds. The summed E-state index contributed by atoms with van der Waals surface area (Å²) in [6, 6.07) is 15.1. The summed E-state index contributed by atoms with van der Waals surface area (Å²) in [5.74, 6) is 1.97. The van der Waals surface area contributed by atoms with Crippen molar-refractivity contribution in [1.82, 2.24) is 15.1 Å². The van der Waals surface area contributed by atoms with Gasteiger partial charge in [-0.2, -0.15) is 0 Å². The lowest BCUT2D eigenvalue weighted by Crippen LogP contribution is -2.60. The summed E-state index contributed by atoms with van der Waals surface area (Å²) in [5, 5.41) is 3.01. The number of benzene rings is 2. The standard InChI is InChI=1S/C40H55FN4O4S/c1-49-39(46)42-37-8-3-7-36(37)40(27-44-17-4-18-44,32-5-2-6-33(41)23-32)31-15-19-43(20-16-31)24-29-25-45(26-29)34-11-13-35(14-12-34)50(47,48)38-22-28-9-10-30(38)21-28/h2,5-6,11-14,23,28-31,36-38H,3-4,7-10,15-22,24-27H2,1H3,(H,42,46)/t28?,30?,36-,37-,38?,40-/m0/s1. The number of halogens is 1. The molecule has 3 aliphatic carbocycles. The first-order valence-corrected chi connectivity index (χ1v) is 20.9. The first-order chi connectivity index (χ1) is 24.2. The molecule has 10 heteroatoms. The van der Waals surface area contributed by atoms with E-state index in [1.54, 1.807) is 12.1 Å². The van der Waals surface area contributed by atoms with Gasteiger partial charge in [0.25, 0.3) is 0 Å². The van der Waals surface area contributed by atoms with Gasteiger partial charge in [-0.25, -0.2) is 17.6 Å². The summed E-state index contributed by atoms with van der Waals surface area (Å²) < 4.78 is 46.8. The van der Waals surface area contributed by atoms with Crippen LogP contribution in [-0.2, 0) is 20.0 Å². The number of alkyl carbamates (subject to hydrolysis) is 1. The normalized spacial score (nSPS) is 30.5. The second-order valence-electron chi connectivity index (χ2n) is 16.6. The lowest BCUT2D eigenvalue weighted by molar-refractivity contribution is 0.0223. The summed E-state index contributed by atoms with van der Waals surface area (Å²) in [7, 11) is -1.83. The Kier molecular flexibility index (Phi) is 9.65. The van der Waals surface area contributed by atoms with Crippen LogP contribution in [0.1, 0.15) is 69.8 Å². The Labute approximate surface area is 298 Å². The van der Waals surface area contributed by atoms with E-state index in [0.717, 1.165) is 115 Å². The lowest BCUT2D eigenvalue weighted by atomic mass is 9.57. The number of piperidine rings is 1. The number of anilines is 1. The van der Waals surface area contributed by atoms with Crippen LogP contribution >= 0.6 is 0 Å². The maximum atomic E-state index is 15.0. The maximum absolute atomic E-state index is 15.0. The number of likely N-dealkylation sites (tertiary alicyclic amines) is 2. The average Bonchev–Trinajstić information content (AvgIpc) is 3.85. The van der Waals surface area contributed by atoms with Gasteiger partial charge in [-0.3, -0.25) is 0 Å². The van der Waals surface area contributed by atoms with Gasteiger partial charge in [0.05, 0.1) is 17.3 Å². The van der Waals surface area contributed by atoms with Crippen molar-refractivity contribution in [2.75, 3.05) is 64.4 Å². The van der Waals surface area contributed by atoms with Crippen molar-refractivity contribution < 1.29 is 22.3 Å². The number of carbonyl (C=O) groups excluding carboxylic acids is 1. The number of nitrogens with zero attached hydrogens (tertiary/aromatic N) is 3. The fourth-order valence-electron chi connectivity index (χ4n) is 11.2. The minimum atomic E-state index is -3.26. The van der Waals surface area contributed by atoms with E-state index in [9.17, 15) is 17.6 Å². The lowest BCUT2D eigenvalue weighted by Gasteiger charge is -2.54. The van der Waals surface area contributed by atoms with E-state index < -0.39 is 9.84 Å². The number of hydrogen-bond donors (Lipinski definition) is 1. The highest BCUT2D eigenvalue weighted by molar-refractivity contribution is 7.92. The Bertz CT molecular complexity index is 1620. The van der Waals surface area contributed by atoms with E-state index in [0.29, 0.717) is 28.6 Å². The fraction of sp³-hybridized carbons (Fsp3) is 0.675. The monoisotopic (exact) mass is 706 g/mol. The predicted octanol–water partition coefficient (Wildman–Crippen LogP) is 6.10. The van der Waals surface area contributed by atoms with Crippen molar-refractivity contribution in [3.63, 3.8) is 0 Å². The van der Waals surface area contributed by atoms with E-state index in [4.69, 9.17) is 4.74 Å². The molecule has 3 saturated carbocycles. The number of sulfone groups is 1. The number of hydrogen-bond acceptors (Lipinski definition) is 7. The van der Waals surface area contributed by atoms with E-state index >= 15 is 0 Å². The van der Waals surface area contributed by atoms with Gasteiger partial charge in [-0.1, -0.05) is 25.0 Å². The minimum absolute atomic E-state index is 0.0120. The molecule has 6 aliphatic rings. The molecule has 1 N–H and O–H groups in total. The Morgan fingerprint density at radius 1 is 0.920 bits per heavy atom. The van der Waals surface area contributed by atoms with Crippen molar-refractivity contribution in [3.8, 4) is 0 Å². The zero-order chi connectivity index (χ0) is 34.5. The van der Waals surface area contributed by atoms with Crippen molar-refractivity contribution in [2.24, 2.45) is 29.6 Å². The summed E-state index contributed by atoms with van der Waals surface area (Å²) in [5.41, 5.74) is 1.96. The second-order valence-corrected chi connectivity index (χ2v) is 18.7. The van der Waals surface area contributed by atoms with Crippen LogP contribution in [0.15, 0.2) is 53.4 Å². The van der Waals surface area contributed by atoms with Gasteiger partial charge >= 0.3 is 6.09 Å². The zero-order valence-electron chi connectivity index (χ0n) is 29.6. The molecular formula is C40H55FN4O4S. The number of amides is 1. The largest absolute Gasteiger partial charge is 0.453 e. The average molecular weight is 707 g/mol. The summed E-state index contributed by atoms with van der Waals surface area (Å²) in [6.45, 7) is 8.16. The Morgan fingerprint density at radius 2 is 1.70 bits per heavy atom. The summed E-state index contributed by atoms with van der Waals surface area (Å²) in [6.07, 6.45) is 10.1. The molecule has 272 valence electrons. The molecule has 0 radical (unpaired) electrons. The van der Waals surface area contributed by atoms with Crippen molar-refractivity contribution in [3.05, 3.63) is 59.9 Å². The van der Waals surface area contributed by atoms with Gasteiger partial charge in [0.1, 0.15) is 5.82 Å². The highest BCUT2D eigenvalue weighted by Gasteiger charge is 2.53. The van der Waals surface area contributed by atoms with Crippen LogP contribution in [0.5, 0.6) is 0 Å². The van der Waals surface area contributed by atoms with Gasteiger partial charge in [-0.15, -0.1) is 0 Å². The van der Waals surface area contributed by atoms with Crippen molar-refractivity contribution >= 4 is 21.6 Å². The van der Waals surface area contributed by atoms with E-state index in [1.807, 2.05) is 30.3 Å². The molecule has 8 nitrogen and oxygen atoms in total. The zero-order valence-corrected chi connectivity index (χ0v) is 30.5. The molecule has 3 aliphatic heterocycles. The third kappa shape index (κ3) is 6.46. The van der Waals surface area contributed by atoms with Crippen LogP contribution in [0.4, 0.5) is 14.9 Å². The number of carbonyl (C=O) groups is 1. The van der Waals surface area contributed by atoms with Gasteiger partial charge in [0, 0.05) is 49.2 Å². The quantitative estimate of drug-likeness (QED) is 0.302. The SMILES string of the molecule is COC(=O)N[C@H]1CCC[C@@H]1[C@](CN1CCC1)(c1cccc(F)c1)C1CCN(CC2CN(c3ccc(S(=O)(=O)C4CC5CCC4C5)cc3)C2)CC1. The number of fused-ring (bicyclic) bond motifs is 2. The van der Waals surface area contributed by atoms with Crippen LogP contribution in [0.3, 0.4) is 0 Å². The topological polar surface area (TPSA) is 82.2 Å². The van der Waals surface area contributed by atoms with Gasteiger partial charge in [0.15, 0.2) is 9.84 Å². The minimum Gasteiger partial charge on any atom is -0.453 e. The highest BCUT2D eigenvalue weighted by Crippen LogP contribution is 2.52. The molecule has 50 heavy (non-hydrogen) atoms. The molecule has 2 bridgehead atoms. The molecule has 3 saturated heterocycles. The van der Waals surface area contributed by atoms with Gasteiger partial charge < -0.3 is 24.8 Å². The van der Waals surface area contributed by atoms with E-state index in [1.165, 1.54) is 20.0 Å². The van der Waals surface area contributed by atoms with Crippen LogP contribution in [0.25, 0.3) is 0 Å². The van der Waals surface area contributed by atoms with Crippen LogP contribution in [-0.4, -0.2) is 95.1 Å². The van der Waals surface area contributed by atoms with Crippen LogP contribution in [0.2, 0.25) is 0 Å². The first-order valence-electron chi connectivity index (χ1n) is 19.4. The van der Waals surface area contributed by atoms with Gasteiger partial charge in [-0.05, 0) is 143 Å². The molecule has 3 unspecified atom stereocenters. The molecule has 3 heterocycles. The molecule has 2 aromatic rings. The molecule has 2 aromatic carbocycles.